The number of carbonyl (C=O) groups is 1. The van der Waals surface area contributed by atoms with E-state index < -0.39 is 5.79 Å². The zero-order valence-corrected chi connectivity index (χ0v) is 10.8. The van der Waals surface area contributed by atoms with Gasteiger partial charge in [0, 0.05) is 13.0 Å². The summed E-state index contributed by atoms with van der Waals surface area (Å²) in [5, 5.41) is 2.85. The highest BCUT2D eigenvalue weighted by Crippen LogP contribution is 2.21. The van der Waals surface area contributed by atoms with Crippen LogP contribution in [0.1, 0.15) is 28.7 Å². The number of rotatable bonds is 4. The van der Waals surface area contributed by atoms with Crippen LogP contribution in [0.4, 0.5) is 0 Å². The van der Waals surface area contributed by atoms with Crippen LogP contribution in [0.2, 0.25) is 0 Å². The Morgan fingerprint density at radius 2 is 2.29 bits per heavy atom. The zero-order chi connectivity index (χ0) is 12.3. The minimum Gasteiger partial charge on any atom is -0.351 e. The van der Waals surface area contributed by atoms with Crippen molar-refractivity contribution in [3.63, 3.8) is 0 Å². The number of carbonyl (C=O) groups excluding carboxylic acids is 1. The van der Waals surface area contributed by atoms with Crippen LogP contribution in [0.25, 0.3) is 0 Å². The highest BCUT2D eigenvalue weighted by molar-refractivity contribution is 7.11. The Bertz CT molecular complexity index is 399. The smallest absolute Gasteiger partial charge is 0.263 e. The third-order valence-corrected chi connectivity index (χ3v) is 3.64. The van der Waals surface area contributed by atoms with Crippen LogP contribution in [0.15, 0.2) is 5.51 Å². The summed E-state index contributed by atoms with van der Waals surface area (Å²) in [7, 11) is 0. The molecule has 17 heavy (non-hydrogen) atoms. The van der Waals surface area contributed by atoms with E-state index in [1.54, 1.807) is 5.51 Å². The molecular weight excluding hydrogens is 240 g/mol. The van der Waals surface area contributed by atoms with E-state index >= 15 is 0 Å². The van der Waals surface area contributed by atoms with Crippen molar-refractivity contribution in [2.24, 2.45) is 0 Å². The maximum Gasteiger partial charge on any atom is 0.263 e. The molecule has 2 rings (SSSR count). The van der Waals surface area contributed by atoms with Gasteiger partial charge in [-0.3, -0.25) is 4.79 Å². The highest BCUT2D eigenvalue weighted by atomic mass is 32.1. The van der Waals surface area contributed by atoms with Gasteiger partial charge in [0.1, 0.15) is 4.88 Å². The van der Waals surface area contributed by atoms with Gasteiger partial charge in [0.2, 0.25) is 0 Å². The maximum atomic E-state index is 11.8. The Kier molecular flexibility index (Phi) is 3.76. The monoisotopic (exact) mass is 256 g/mol. The number of hydrogen-bond donors (Lipinski definition) is 1. The largest absolute Gasteiger partial charge is 0.351 e. The number of nitrogens with zero attached hydrogens (tertiary/aromatic N) is 1. The Labute approximate surface area is 104 Å². The molecule has 0 atom stereocenters. The molecular formula is C11H16N2O3S. The van der Waals surface area contributed by atoms with Crippen LogP contribution in [0, 0.1) is 6.92 Å². The molecule has 6 heteroatoms. The number of aryl methyl sites for hydroxylation is 1. The lowest BCUT2D eigenvalue weighted by atomic mass is 10.2. The summed E-state index contributed by atoms with van der Waals surface area (Å²) in [4.78, 5) is 16.5. The van der Waals surface area contributed by atoms with Crippen LogP contribution >= 0.6 is 11.3 Å². The second kappa shape index (κ2) is 5.12. The minimum atomic E-state index is -0.546. The molecule has 0 spiro atoms. The standard InChI is InChI=1S/C11H16N2O3S/c1-8-9(17-7-13-8)10(14)12-4-3-11(2)15-5-6-16-11/h7H,3-6H2,1-2H3,(H,12,14). The van der Waals surface area contributed by atoms with Crippen molar-refractivity contribution in [1.29, 1.82) is 0 Å². The van der Waals surface area contributed by atoms with Gasteiger partial charge in [0.25, 0.3) is 5.91 Å². The third kappa shape index (κ3) is 3.02. The Morgan fingerprint density at radius 1 is 1.59 bits per heavy atom. The number of ether oxygens (including phenoxy) is 2. The highest BCUT2D eigenvalue weighted by Gasteiger charge is 2.30. The summed E-state index contributed by atoms with van der Waals surface area (Å²) in [5.41, 5.74) is 2.45. The van der Waals surface area contributed by atoms with Gasteiger partial charge in [-0.2, -0.15) is 0 Å². The number of nitrogens with one attached hydrogen (secondary N) is 1. The van der Waals surface area contributed by atoms with Gasteiger partial charge in [0.05, 0.1) is 24.4 Å². The second-order valence-electron chi connectivity index (χ2n) is 4.10. The first-order chi connectivity index (χ1) is 8.11. The van der Waals surface area contributed by atoms with Crippen molar-refractivity contribution in [1.82, 2.24) is 10.3 Å². The van der Waals surface area contributed by atoms with Crippen molar-refractivity contribution >= 4 is 17.2 Å². The van der Waals surface area contributed by atoms with Crippen molar-refractivity contribution < 1.29 is 14.3 Å². The van der Waals surface area contributed by atoms with Gasteiger partial charge < -0.3 is 14.8 Å². The van der Waals surface area contributed by atoms with Gasteiger partial charge in [-0.05, 0) is 13.8 Å². The van der Waals surface area contributed by atoms with E-state index in [1.165, 1.54) is 11.3 Å². The number of hydrogen-bond acceptors (Lipinski definition) is 5. The normalized spacial score (nSPS) is 18.2. The predicted octanol–water partition coefficient (Wildman–Crippen LogP) is 1.33. The molecule has 0 aliphatic carbocycles. The fourth-order valence-electron chi connectivity index (χ4n) is 1.70. The zero-order valence-electron chi connectivity index (χ0n) is 9.99. The average Bonchev–Trinajstić information content (AvgIpc) is 2.88. The van der Waals surface area contributed by atoms with E-state index in [-0.39, 0.29) is 5.91 Å². The number of amides is 1. The summed E-state index contributed by atoms with van der Waals surface area (Å²) < 4.78 is 10.9. The molecule has 1 saturated heterocycles. The number of thiazole rings is 1. The summed E-state index contributed by atoms with van der Waals surface area (Å²) in [6, 6.07) is 0. The average molecular weight is 256 g/mol. The van der Waals surface area contributed by atoms with E-state index in [1.807, 2.05) is 13.8 Å². The molecule has 1 aliphatic rings. The van der Waals surface area contributed by atoms with Crippen molar-refractivity contribution in [2.75, 3.05) is 19.8 Å². The second-order valence-corrected chi connectivity index (χ2v) is 4.96. The van der Waals surface area contributed by atoms with Gasteiger partial charge >= 0.3 is 0 Å². The van der Waals surface area contributed by atoms with Crippen LogP contribution in [-0.2, 0) is 9.47 Å². The summed E-state index contributed by atoms with van der Waals surface area (Å²) in [6.45, 7) is 5.50. The molecule has 5 nitrogen and oxygen atoms in total. The van der Waals surface area contributed by atoms with Gasteiger partial charge in [-0.1, -0.05) is 0 Å². The minimum absolute atomic E-state index is 0.0772. The molecule has 0 saturated carbocycles. The Hall–Kier alpha value is -0.980. The van der Waals surface area contributed by atoms with Crippen molar-refractivity contribution in [2.45, 2.75) is 26.1 Å². The van der Waals surface area contributed by atoms with Crippen LogP contribution < -0.4 is 5.32 Å². The summed E-state index contributed by atoms with van der Waals surface area (Å²) >= 11 is 1.35. The summed E-state index contributed by atoms with van der Waals surface area (Å²) in [6.07, 6.45) is 0.649. The molecule has 1 aromatic heterocycles. The Balaban J connectivity index is 1.79. The molecule has 1 N–H and O–H groups in total. The number of aromatic nitrogens is 1. The molecule has 1 aliphatic heterocycles. The Morgan fingerprint density at radius 3 is 2.88 bits per heavy atom. The predicted molar refractivity (Wildman–Crippen MR) is 64.1 cm³/mol. The lowest BCUT2D eigenvalue weighted by Crippen LogP contribution is -2.33. The van der Waals surface area contributed by atoms with Gasteiger partial charge in [0.15, 0.2) is 5.79 Å². The van der Waals surface area contributed by atoms with E-state index in [2.05, 4.69) is 10.3 Å². The van der Waals surface area contributed by atoms with Crippen molar-refractivity contribution in [3.8, 4) is 0 Å². The van der Waals surface area contributed by atoms with Crippen LogP contribution in [0.3, 0.4) is 0 Å². The lowest BCUT2D eigenvalue weighted by molar-refractivity contribution is -0.145. The quantitative estimate of drug-likeness (QED) is 0.883. The SMILES string of the molecule is Cc1ncsc1C(=O)NCCC1(C)OCCO1. The first kappa shape index (κ1) is 12.5. The molecule has 0 aromatic carbocycles. The molecule has 0 radical (unpaired) electrons. The fraction of sp³-hybridized carbons (Fsp3) is 0.636. The fourth-order valence-corrected chi connectivity index (χ4v) is 2.42. The summed E-state index contributed by atoms with van der Waals surface area (Å²) in [5.74, 6) is -0.623. The van der Waals surface area contributed by atoms with Crippen LogP contribution in [-0.4, -0.2) is 36.4 Å². The molecule has 1 aromatic rings. The van der Waals surface area contributed by atoms with E-state index in [4.69, 9.17) is 9.47 Å². The topological polar surface area (TPSA) is 60.5 Å². The van der Waals surface area contributed by atoms with Gasteiger partial charge in [-0.25, -0.2) is 4.98 Å². The lowest BCUT2D eigenvalue weighted by Gasteiger charge is -2.21. The van der Waals surface area contributed by atoms with E-state index in [0.29, 0.717) is 31.1 Å². The third-order valence-electron chi connectivity index (χ3n) is 2.71. The van der Waals surface area contributed by atoms with Crippen molar-refractivity contribution in [3.05, 3.63) is 16.1 Å². The molecule has 0 unspecified atom stereocenters. The maximum absolute atomic E-state index is 11.8. The van der Waals surface area contributed by atoms with E-state index in [0.717, 1.165) is 5.69 Å². The molecule has 0 bridgehead atoms. The van der Waals surface area contributed by atoms with E-state index in [9.17, 15) is 4.79 Å². The van der Waals surface area contributed by atoms with Crippen LogP contribution in [0.5, 0.6) is 0 Å². The molecule has 2 heterocycles. The first-order valence-corrected chi connectivity index (χ1v) is 6.45. The molecule has 1 fully saturated rings. The molecule has 94 valence electrons. The first-order valence-electron chi connectivity index (χ1n) is 5.57. The van der Waals surface area contributed by atoms with Gasteiger partial charge in [-0.15, -0.1) is 11.3 Å². The molecule has 1 amide bonds.